The van der Waals surface area contributed by atoms with E-state index in [4.69, 9.17) is 0 Å². The van der Waals surface area contributed by atoms with E-state index >= 15 is 0 Å². The Morgan fingerprint density at radius 3 is 2.71 bits per heavy atom. The van der Waals surface area contributed by atoms with Crippen molar-refractivity contribution in [1.82, 2.24) is 9.88 Å². The number of aromatic nitrogens is 1. The van der Waals surface area contributed by atoms with E-state index in [0.29, 0.717) is 6.04 Å². The van der Waals surface area contributed by atoms with E-state index in [2.05, 4.69) is 42.9 Å². The molecule has 0 saturated heterocycles. The SMILES string of the molecule is CCc1cc2c(cn1)CN(C(C)C)C2. The molecular formula is C12H18N2. The first kappa shape index (κ1) is 9.66. The molecule has 0 radical (unpaired) electrons. The van der Waals surface area contributed by atoms with Crippen LogP contribution in [0.5, 0.6) is 0 Å². The monoisotopic (exact) mass is 190 g/mol. The lowest BCUT2D eigenvalue weighted by atomic mass is 10.1. The van der Waals surface area contributed by atoms with Gasteiger partial charge in [0.2, 0.25) is 0 Å². The molecule has 0 unspecified atom stereocenters. The van der Waals surface area contributed by atoms with Gasteiger partial charge in [0.25, 0.3) is 0 Å². The Kier molecular flexibility index (Phi) is 2.55. The second kappa shape index (κ2) is 3.70. The van der Waals surface area contributed by atoms with Crippen molar-refractivity contribution in [2.45, 2.75) is 46.3 Å². The third-order valence-corrected chi connectivity index (χ3v) is 2.98. The van der Waals surface area contributed by atoms with Crippen LogP contribution in [0.15, 0.2) is 12.3 Å². The molecule has 2 heterocycles. The van der Waals surface area contributed by atoms with Crippen molar-refractivity contribution in [2.75, 3.05) is 0 Å². The third-order valence-electron chi connectivity index (χ3n) is 2.98. The van der Waals surface area contributed by atoms with Gasteiger partial charge in [0.05, 0.1) is 0 Å². The summed E-state index contributed by atoms with van der Waals surface area (Å²) in [5, 5.41) is 0. The molecule has 0 atom stereocenters. The van der Waals surface area contributed by atoms with E-state index in [-0.39, 0.29) is 0 Å². The molecule has 0 fully saturated rings. The zero-order chi connectivity index (χ0) is 10.1. The van der Waals surface area contributed by atoms with E-state index in [9.17, 15) is 0 Å². The fraction of sp³-hybridized carbons (Fsp3) is 0.583. The first-order valence-corrected chi connectivity index (χ1v) is 5.41. The Bertz CT molecular complexity index is 331. The summed E-state index contributed by atoms with van der Waals surface area (Å²) >= 11 is 0. The minimum absolute atomic E-state index is 0.632. The average Bonchev–Trinajstić information content (AvgIpc) is 2.59. The van der Waals surface area contributed by atoms with Crippen LogP contribution in [0.4, 0.5) is 0 Å². The quantitative estimate of drug-likeness (QED) is 0.711. The summed E-state index contributed by atoms with van der Waals surface area (Å²) in [5.41, 5.74) is 4.11. The summed E-state index contributed by atoms with van der Waals surface area (Å²) < 4.78 is 0. The van der Waals surface area contributed by atoms with E-state index in [1.165, 1.54) is 16.8 Å². The van der Waals surface area contributed by atoms with Crippen molar-refractivity contribution < 1.29 is 0 Å². The molecule has 0 aliphatic carbocycles. The molecule has 0 amide bonds. The molecule has 0 aromatic carbocycles. The van der Waals surface area contributed by atoms with Gasteiger partial charge in [0.15, 0.2) is 0 Å². The Hall–Kier alpha value is -0.890. The van der Waals surface area contributed by atoms with Gasteiger partial charge < -0.3 is 0 Å². The third kappa shape index (κ3) is 1.67. The highest BCUT2D eigenvalue weighted by atomic mass is 15.2. The van der Waals surface area contributed by atoms with Crippen molar-refractivity contribution in [3.05, 3.63) is 29.1 Å². The largest absolute Gasteiger partial charge is 0.292 e. The summed E-state index contributed by atoms with van der Waals surface area (Å²) in [6.45, 7) is 8.83. The second-order valence-corrected chi connectivity index (χ2v) is 4.30. The van der Waals surface area contributed by atoms with Gasteiger partial charge in [0.1, 0.15) is 0 Å². The fourth-order valence-corrected chi connectivity index (χ4v) is 1.92. The Morgan fingerprint density at radius 2 is 2.07 bits per heavy atom. The van der Waals surface area contributed by atoms with E-state index < -0.39 is 0 Å². The van der Waals surface area contributed by atoms with Crippen LogP contribution in [0, 0.1) is 0 Å². The van der Waals surface area contributed by atoms with Crippen LogP contribution in [0.3, 0.4) is 0 Å². The zero-order valence-electron chi connectivity index (χ0n) is 9.25. The van der Waals surface area contributed by atoms with Crippen molar-refractivity contribution in [3.8, 4) is 0 Å². The molecule has 1 aliphatic heterocycles. The van der Waals surface area contributed by atoms with Crippen molar-refractivity contribution >= 4 is 0 Å². The smallest absolute Gasteiger partial charge is 0.0404 e. The van der Waals surface area contributed by atoms with Gasteiger partial charge in [-0.1, -0.05) is 6.92 Å². The molecule has 1 aliphatic rings. The molecule has 2 nitrogen and oxygen atoms in total. The summed E-state index contributed by atoms with van der Waals surface area (Å²) in [6, 6.07) is 2.89. The number of hydrogen-bond acceptors (Lipinski definition) is 2. The minimum atomic E-state index is 0.632. The van der Waals surface area contributed by atoms with Crippen LogP contribution >= 0.6 is 0 Å². The Labute approximate surface area is 86.0 Å². The number of aryl methyl sites for hydroxylation is 1. The second-order valence-electron chi connectivity index (χ2n) is 4.30. The van der Waals surface area contributed by atoms with Gasteiger partial charge in [-0.05, 0) is 37.5 Å². The van der Waals surface area contributed by atoms with Gasteiger partial charge in [-0.3, -0.25) is 9.88 Å². The van der Waals surface area contributed by atoms with Crippen molar-refractivity contribution in [3.63, 3.8) is 0 Å². The lowest BCUT2D eigenvalue weighted by Crippen LogP contribution is -2.24. The van der Waals surface area contributed by atoms with Crippen LogP contribution in [0.1, 0.15) is 37.6 Å². The van der Waals surface area contributed by atoms with Gasteiger partial charge in [-0.25, -0.2) is 0 Å². The summed E-state index contributed by atoms with van der Waals surface area (Å²) in [5.74, 6) is 0. The first-order chi connectivity index (χ1) is 6.70. The lowest BCUT2D eigenvalue weighted by Gasteiger charge is -2.18. The molecule has 0 saturated carbocycles. The average molecular weight is 190 g/mol. The summed E-state index contributed by atoms with van der Waals surface area (Å²) in [4.78, 5) is 6.91. The molecular weight excluding hydrogens is 172 g/mol. The molecule has 14 heavy (non-hydrogen) atoms. The Morgan fingerprint density at radius 1 is 1.36 bits per heavy atom. The number of rotatable bonds is 2. The molecule has 0 N–H and O–H groups in total. The van der Waals surface area contributed by atoms with Gasteiger partial charge in [-0.15, -0.1) is 0 Å². The maximum absolute atomic E-state index is 4.44. The van der Waals surface area contributed by atoms with E-state index in [1.54, 1.807) is 0 Å². The molecule has 0 bridgehead atoms. The van der Waals surface area contributed by atoms with Crippen molar-refractivity contribution in [2.24, 2.45) is 0 Å². The molecule has 2 heteroatoms. The topological polar surface area (TPSA) is 16.1 Å². The maximum Gasteiger partial charge on any atom is 0.0404 e. The lowest BCUT2D eigenvalue weighted by molar-refractivity contribution is 0.227. The highest BCUT2D eigenvalue weighted by molar-refractivity contribution is 5.30. The first-order valence-electron chi connectivity index (χ1n) is 5.41. The number of pyridine rings is 1. The number of nitrogens with zero attached hydrogens (tertiary/aromatic N) is 2. The zero-order valence-corrected chi connectivity index (χ0v) is 9.25. The predicted molar refractivity (Wildman–Crippen MR) is 58.0 cm³/mol. The highest BCUT2D eigenvalue weighted by Gasteiger charge is 2.21. The van der Waals surface area contributed by atoms with Crippen LogP contribution < -0.4 is 0 Å². The Balaban J connectivity index is 2.22. The highest BCUT2D eigenvalue weighted by Crippen LogP contribution is 2.24. The number of hydrogen-bond donors (Lipinski definition) is 0. The van der Waals surface area contributed by atoms with E-state index in [0.717, 1.165) is 19.5 Å². The number of fused-ring (bicyclic) bond motifs is 1. The molecule has 76 valence electrons. The minimum Gasteiger partial charge on any atom is -0.292 e. The molecule has 1 aromatic heterocycles. The standard InChI is InChI=1S/C12H18N2/c1-4-12-5-10-7-14(9(2)3)8-11(10)6-13-12/h5-6,9H,4,7-8H2,1-3H3. The maximum atomic E-state index is 4.44. The van der Waals surface area contributed by atoms with Gasteiger partial charge in [-0.2, -0.15) is 0 Å². The van der Waals surface area contributed by atoms with Gasteiger partial charge in [0, 0.05) is 31.0 Å². The van der Waals surface area contributed by atoms with Crippen LogP contribution in [-0.2, 0) is 19.5 Å². The summed E-state index contributed by atoms with van der Waals surface area (Å²) in [6.07, 6.45) is 3.09. The molecule has 1 aromatic rings. The van der Waals surface area contributed by atoms with Crippen LogP contribution in [0.2, 0.25) is 0 Å². The van der Waals surface area contributed by atoms with Gasteiger partial charge >= 0.3 is 0 Å². The normalized spacial score (nSPS) is 16.3. The van der Waals surface area contributed by atoms with E-state index in [1.807, 2.05) is 0 Å². The predicted octanol–water partition coefficient (Wildman–Crippen LogP) is 2.37. The fourth-order valence-electron chi connectivity index (χ4n) is 1.92. The molecule has 0 spiro atoms. The summed E-state index contributed by atoms with van der Waals surface area (Å²) in [7, 11) is 0. The van der Waals surface area contributed by atoms with Crippen LogP contribution in [-0.4, -0.2) is 15.9 Å². The van der Waals surface area contributed by atoms with Crippen LogP contribution in [0.25, 0.3) is 0 Å². The molecule has 2 rings (SSSR count). The van der Waals surface area contributed by atoms with Crippen molar-refractivity contribution in [1.29, 1.82) is 0 Å².